The van der Waals surface area contributed by atoms with Crippen molar-refractivity contribution < 1.29 is 9.47 Å². The van der Waals surface area contributed by atoms with Crippen LogP contribution in [0.3, 0.4) is 0 Å². The summed E-state index contributed by atoms with van der Waals surface area (Å²) in [6.45, 7) is 0.0802. The highest BCUT2D eigenvalue weighted by atomic mass is 16.7. The Bertz CT molecular complexity index is 1250. The standard InChI is InChI=1S/C20H17N5O3/c1-21-19-18(13-5-3-2-4-6-13)24(20(26)25(19)17-10-27-12-28-17)14-7-8-15-16(9-14)23-11-22-15/h2-11,21H,12H2,1H3,(H,22,23). The lowest BCUT2D eigenvalue weighted by molar-refractivity contribution is 0.0959. The molecular formula is C20H17N5O3. The zero-order valence-electron chi connectivity index (χ0n) is 15.0. The van der Waals surface area contributed by atoms with Gasteiger partial charge in [-0.05, 0) is 18.2 Å². The highest BCUT2D eigenvalue weighted by Gasteiger charge is 2.26. The topological polar surface area (TPSA) is 86.1 Å². The molecule has 8 heteroatoms. The molecule has 0 unspecified atom stereocenters. The second-order valence-electron chi connectivity index (χ2n) is 6.26. The van der Waals surface area contributed by atoms with E-state index in [4.69, 9.17) is 9.47 Å². The van der Waals surface area contributed by atoms with Crippen molar-refractivity contribution in [3.63, 3.8) is 0 Å². The van der Waals surface area contributed by atoms with Crippen LogP contribution in [0.5, 0.6) is 0 Å². The van der Waals surface area contributed by atoms with E-state index in [1.165, 1.54) is 10.8 Å². The molecule has 0 radical (unpaired) electrons. The Labute approximate surface area is 159 Å². The Hall–Kier alpha value is -3.94. The van der Waals surface area contributed by atoms with Gasteiger partial charge in [0.1, 0.15) is 12.1 Å². The monoisotopic (exact) mass is 375 g/mol. The smallest absolute Gasteiger partial charge is 0.342 e. The van der Waals surface area contributed by atoms with Crippen LogP contribution in [0.15, 0.2) is 65.9 Å². The fraction of sp³-hybridized carbons (Fsp3) is 0.100. The van der Waals surface area contributed by atoms with E-state index in [0.29, 0.717) is 11.7 Å². The molecule has 0 saturated carbocycles. The van der Waals surface area contributed by atoms with E-state index < -0.39 is 0 Å². The number of H-pyrrole nitrogens is 1. The van der Waals surface area contributed by atoms with Crippen LogP contribution in [0.25, 0.3) is 33.9 Å². The maximum absolute atomic E-state index is 13.5. The highest BCUT2D eigenvalue weighted by Crippen LogP contribution is 2.32. The average molecular weight is 375 g/mol. The van der Waals surface area contributed by atoms with Crippen molar-refractivity contribution in [1.29, 1.82) is 0 Å². The second-order valence-corrected chi connectivity index (χ2v) is 6.26. The van der Waals surface area contributed by atoms with E-state index in [1.807, 2.05) is 48.5 Å². The van der Waals surface area contributed by atoms with Crippen LogP contribution in [0.4, 0.5) is 5.82 Å². The molecule has 2 N–H and O–H groups in total. The van der Waals surface area contributed by atoms with Crippen molar-refractivity contribution in [1.82, 2.24) is 19.1 Å². The predicted octanol–water partition coefficient (Wildman–Crippen LogP) is 2.98. The summed E-state index contributed by atoms with van der Waals surface area (Å²) in [7, 11) is 1.77. The normalized spacial score (nSPS) is 13.2. The van der Waals surface area contributed by atoms with Crippen molar-refractivity contribution in [3.05, 3.63) is 71.6 Å². The predicted molar refractivity (Wildman–Crippen MR) is 106 cm³/mol. The maximum atomic E-state index is 13.5. The molecule has 0 bridgehead atoms. The first-order valence-electron chi connectivity index (χ1n) is 8.77. The summed E-state index contributed by atoms with van der Waals surface area (Å²) < 4.78 is 13.8. The molecule has 0 spiro atoms. The number of hydrogen-bond acceptors (Lipinski definition) is 5. The highest BCUT2D eigenvalue weighted by molar-refractivity contribution is 5.80. The van der Waals surface area contributed by atoms with Crippen LogP contribution in [0, 0.1) is 0 Å². The van der Waals surface area contributed by atoms with E-state index in [9.17, 15) is 4.79 Å². The Morgan fingerprint density at radius 2 is 2.00 bits per heavy atom. The van der Waals surface area contributed by atoms with Gasteiger partial charge in [0.15, 0.2) is 0 Å². The average Bonchev–Trinajstić information content (AvgIpc) is 3.46. The van der Waals surface area contributed by atoms with Crippen LogP contribution in [-0.4, -0.2) is 32.9 Å². The zero-order chi connectivity index (χ0) is 19.1. The number of nitrogens with zero attached hydrogens (tertiary/aromatic N) is 3. The Balaban J connectivity index is 1.85. The third-order valence-electron chi connectivity index (χ3n) is 4.68. The molecule has 3 heterocycles. The fourth-order valence-corrected chi connectivity index (χ4v) is 3.45. The molecule has 0 saturated heterocycles. The van der Waals surface area contributed by atoms with Crippen LogP contribution in [0.1, 0.15) is 0 Å². The molecule has 0 aliphatic carbocycles. The lowest BCUT2D eigenvalue weighted by Crippen LogP contribution is -2.24. The summed E-state index contributed by atoms with van der Waals surface area (Å²) >= 11 is 0. The number of benzene rings is 2. The number of ether oxygens (including phenoxy) is 2. The van der Waals surface area contributed by atoms with Gasteiger partial charge in [-0.1, -0.05) is 30.3 Å². The van der Waals surface area contributed by atoms with Gasteiger partial charge in [-0.25, -0.2) is 14.3 Å². The SMILES string of the molecule is CNc1c(-c2ccccc2)n(-c2ccc3nc[nH]c3c2)c(=O)n1C1=COCO1. The zero-order valence-corrected chi connectivity index (χ0v) is 15.0. The summed E-state index contributed by atoms with van der Waals surface area (Å²) in [4.78, 5) is 20.8. The summed E-state index contributed by atoms with van der Waals surface area (Å²) in [6.07, 6.45) is 3.08. The first-order valence-corrected chi connectivity index (χ1v) is 8.77. The van der Waals surface area contributed by atoms with Crippen LogP contribution in [0.2, 0.25) is 0 Å². The molecule has 4 aromatic rings. The minimum Gasteiger partial charge on any atom is -0.459 e. The number of nitrogens with one attached hydrogen (secondary N) is 2. The molecular weight excluding hydrogens is 358 g/mol. The first kappa shape index (κ1) is 16.2. The molecule has 1 aliphatic heterocycles. The molecule has 8 nitrogen and oxygen atoms in total. The molecule has 1 aliphatic rings. The summed E-state index contributed by atoms with van der Waals surface area (Å²) in [5.74, 6) is 0.950. The van der Waals surface area contributed by atoms with Crippen molar-refractivity contribution in [2.75, 3.05) is 19.2 Å². The lowest BCUT2D eigenvalue weighted by atomic mass is 10.1. The molecule has 0 fully saturated rings. The van der Waals surface area contributed by atoms with Gasteiger partial charge in [0.25, 0.3) is 0 Å². The summed E-state index contributed by atoms with van der Waals surface area (Å²) in [5.41, 5.74) is 3.76. The molecule has 0 amide bonds. The van der Waals surface area contributed by atoms with Gasteiger partial charge in [0.2, 0.25) is 12.7 Å². The van der Waals surface area contributed by atoms with Crippen molar-refractivity contribution in [3.8, 4) is 16.9 Å². The number of imidazole rings is 2. The van der Waals surface area contributed by atoms with E-state index in [0.717, 1.165) is 28.0 Å². The van der Waals surface area contributed by atoms with Crippen molar-refractivity contribution in [2.24, 2.45) is 0 Å². The summed E-state index contributed by atoms with van der Waals surface area (Å²) in [5, 5.41) is 3.15. The Morgan fingerprint density at radius 1 is 1.14 bits per heavy atom. The van der Waals surface area contributed by atoms with E-state index in [2.05, 4.69) is 15.3 Å². The van der Waals surface area contributed by atoms with Gasteiger partial charge >= 0.3 is 5.69 Å². The molecule has 0 atom stereocenters. The molecule has 5 rings (SSSR count). The molecule has 2 aromatic carbocycles. The van der Waals surface area contributed by atoms with Gasteiger partial charge in [0.05, 0.1) is 28.7 Å². The Morgan fingerprint density at radius 3 is 2.75 bits per heavy atom. The molecule has 140 valence electrons. The van der Waals surface area contributed by atoms with Gasteiger partial charge in [0, 0.05) is 12.6 Å². The Kier molecular flexibility index (Phi) is 3.68. The molecule has 28 heavy (non-hydrogen) atoms. The minimum absolute atomic E-state index is 0.0802. The van der Waals surface area contributed by atoms with Crippen molar-refractivity contribution in [2.45, 2.75) is 0 Å². The quantitative estimate of drug-likeness (QED) is 0.573. The fourth-order valence-electron chi connectivity index (χ4n) is 3.45. The summed E-state index contributed by atoms with van der Waals surface area (Å²) in [6, 6.07) is 15.4. The minimum atomic E-state index is -0.265. The first-order chi connectivity index (χ1) is 13.8. The molecule has 2 aromatic heterocycles. The van der Waals surface area contributed by atoms with Crippen LogP contribution in [-0.2, 0) is 9.47 Å². The van der Waals surface area contributed by atoms with Crippen LogP contribution >= 0.6 is 0 Å². The third-order valence-corrected chi connectivity index (χ3v) is 4.68. The van der Waals surface area contributed by atoms with Gasteiger partial charge < -0.3 is 19.8 Å². The third kappa shape index (κ3) is 2.38. The number of rotatable bonds is 4. The van der Waals surface area contributed by atoms with E-state index in [1.54, 1.807) is 17.9 Å². The number of hydrogen-bond donors (Lipinski definition) is 2. The van der Waals surface area contributed by atoms with Crippen molar-refractivity contribution >= 4 is 22.7 Å². The van der Waals surface area contributed by atoms with Gasteiger partial charge in [-0.3, -0.25) is 4.57 Å². The van der Waals surface area contributed by atoms with Gasteiger partial charge in [-0.15, -0.1) is 0 Å². The van der Waals surface area contributed by atoms with Gasteiger partial charge in [-0.2, -0.15) is 0 Å². The number of aromatic nitrogens is 4. The number of anilines is 1. The lowest BCUT2D eigenvalue weighted by Gasteiger charge is -2.10. The van der Waals surface area contributed by atoms with Crippen LogP contribution < -0.4 is 11.0 Å². The number of fused-ring (bicyclic) bond motifs is 1. The van der Waals surface area contributed by atoms with E-state index >= 15 is 0 Å². The number of aromatic amines is 1. The second kappa shape index (κ2) is 6.34. The van der Waals surface area contributed by atoms with E-state index in [-0.39, 0.29) is 12.5 Å². The largest absolute Gasteiger partial charge is 0.459 e. The maximum Gasteiger partial charge on any atom is 0.342 e.